The summed E-state index contributed by atoms with van der Waals surface area (Å²) in [7, 11) is 0. The number of hydrogen-bond donors (Lipinski definition) is 0. The fraction of sp³-hybridized carbons (Fsp3) is 0.625. The van der Waals surface area contributed by atoms with Crippen LogP contribution in [0.1, 0.15) is 20.8 Å². The molecule has 0 N–H and O–H groups in total. The van der Waals surface area contributed by atoms with Gasteiger partial charge in [0, 0.05) is 11.5 Å². The average molecular weight is 176 g/mol. The van der Waals surface area contributed by atoms with Gasteiger partial charge in [-0.05, 0) is 0 Å². The predicted octanol–water partition coefficient (Wildman–Crippen LogP) is 2.11. The third-order valence-electron chi connectivity index (χ3n) is 1.53. The summed E-state index contributed by atoms with van der Waals surface area (Å²) in [5.41, 5.74) is -0.546. The zero-order valence-corrected chi connectivity index (χ0v) is 7.15. The van der Waals surface area contributed by atoms with Crippen LogP contribution >= 0.6 is 0 Å². The van der Waals surface area contributed by atoms with Gasteiger partial charge in [0.2, 0.25) is 0 Å². The summed E-state index contributed by atoms with van der Waals surface area (Å²) in [5.74, 6) is -1.23. The molecule has 0 fully saturated rings. The van der Waals surface area contributed by atoms with E-state index >= 15 is 0 Å². The molecular weight excluding hydrogens is 166 g/mol. The summed E-state index contributed by atoms with van der Waals surface area (Å²) in [6, 6.07) is 0. The fourth-order valence-electron chi connectivity index (χ4n) is 0.791. The molecule has 12 heavy (non-hydrogen) atoms. The van der Waals surface area contributed by atoms with Gasteiger partial charge in [0.15, 0.2) is 0 Å². The van der Waals surface area contributed by atoms with Gasteiger partial charge in [-0.2, -0.15) is 8.78 Å². The summed E-state index contributed by atoms with van der Waals surface area (Å²) >= 11 is 0. The van der Waals surface area contributed by atoms with E-state index in [0.29, 0.717) is 0 Å². The van der Waals surface area contributed by atoms with Crippen molar-refractivity contribution in [2.75, 3.05) is 0 Å². The van der Waals surface area contributed by atoms with Gasteiger partial charge in [-0.1, -0.05) is 20.8 Å². The molecule has 4 heteroatoms. The molecule has 0 amide bonds. The van der Waals surface area contributed by atoms with E-state index in [-0.39, 0.29) is 5.76 Å². The highest BCUT2D eigenvalue weighted by atomic mass is 19.3. The summed E-state index contributed by atoms with van der Waals surface area (Å²) in [6.45, 7) is 5.11. The van der Waals surface area contributed by atoms with Gasteiger partial charge in [0.05, 0.1) is 0 Å². The maximum Gasteiger partial charge on any atom is 0.465 e. The van der Waals surface area contributed by atoms with Crippen LogP contribution in [0, 0.1) is 5.41 Å². The molecule has 0 aromatic rings. The van der Waals surface area contributed by atoms with Crippen molar-refractivity contribution in [2.45, 2.75) is 26.9 Å². The van der Waals surface area contributed by atoms with E-state index < -0.39 is 17.3 Å². The van der Waals surface area contributed by atoms with Crippen molar-refractivity contribution in [1.82, 2.24) is 0 Å². The Kier molecular flexibility index (Phi) is 1.74. The Morgan fingerprint density at radius 1 is 1.42 bits per heavy atom. The lowest BCUT2D eigenvalue weighted by molar-refractivity contribution is -0.203. The van der Waals surface area contributed by atoms with Gasteiger partial charge in [-0.15, -0.1) is 0 Å². The number of rotatable bonds is 0. The second-order valence-electron chi connectivity index (χ2n) is 3.74. The number of hydrogen-bond acceptors (Lipinski definition) is 2. The van der Waals surface area contributed by atoms with Crippen molar-refractivity contribution >= 4 is 5.78 Å². The normalized spacial score (nSPS) is 22.1. The van der Waals surface area contributed by atoms with Gasteiger partial charge in [0.25, 0.3) is 5.78 Å². The molecule has 0 radical (unpaired) electrons. The van der Waals surface area contributed by atoms with Crippen molar-refractivity contribution in [3.8, 4) is 0 Å². The molecule has 0 aromatic carbocycles. The van der Waals surface area contributed by atoms with Gasteiger partial charge < -0.3 is 4.74 Å². The molecule has 0 saturated carbocycles. The van der Waals surface area contributed by atoms with Crippen molar-refractivity contribution in [3.05, 3.63) is 11.8 Å². The van der Waals surface area contributed by atoms with Crippen LogP contribution in [0.2, 0.25) is 0 Å². The summed E-state index contributed by atoms with van der Waals surface area (Å²) < 4.78 is 29.2. The second-order valence-corrected chi connectivity index (χ2v) is 3.74. The van der Waals surface area contributed by atoms with E-state index in [9.17, 15) is 13.6 Å². The second kappa shape index (κ2) is 2.28. The molecule has 1 rings (SSSR count). The Morgan fingerprint density at radius 3 is 2.08 bits per heavy atom. The van der Waals surface area contributed by atoms with E-state index in [2.05, 4.69) is 4.74 Å². The first-order valence-corrected chi connectivity index (χ1v) is 3.57. The van der Waals surface area contributed by atoms with E-state index in [1.807, 2.05) is 0 Å². The first kappa shape index (κ1) is 9.16. The van der Waals surface area contributed by atoms with Crippen LogP contribution in [0.25, 0.3) is 0 Å². The summed E-state index contributed by atoms with van der Waals surface area (Å²) in [5, 5.41) is 0. The molecule has 0 unspecified atom stereocenters. The molecule has 0 bridgehead atoms. The van der Waals surface area contributed by atoms with Crippen molar-refractivity contribution in [3.63, 3.8) is 0 Å². The van der Waals surface area contributed by atoms with Crippen LogP contribution in [0.15, 0.2) is 11.8 Å². The van der Waals surface area contributed by atoms with Gasteiger partial charge in [-0.3, -0.25) is 4.79 Å². The van der Waals surface area contributed by atoms with Gasteiger partial charge in [0.1, 0.15) is 5.76 Å². The lowest BCUT2D eigenvalue weighted by atomic mass is 9.94. The largest absolute Gasteiger partial charge is 0.465 e. The standard InChI is InChI=1S/C8H10F2O2/c1-7(2,3)6-4-5(11)8(9,10)12-6/h4H,1-3H3. The maximum atomic E-state index is 12.5. The van der Waals surface area contributed by atoms with Crippen LogP contribution in [0.4, 0.5) is 8.78 Å². The number of halogens is 2. The van der Waals surface area contributed by atoms with Crippen molar-refractivity contribution in [2.24, 2.45) is 5.41 Å². The highest BCUT2D eigenvalue weighted by Gasteiger charge is 2.48. The Labute approximate surface area is 69.2 Å². The van der Waals surface area contributed by atoms with Crippen LogP contribution in [0.5, 0.6) is 0 Å². The fourth-order valence-corrected chi connectivity index (χ4v) is 0.791. The lowest BCUT2D eigenvalue weighted by Crippen LogP contribution is -2.25. The molecule has 1 aliphatic rings. The first-order chi connectivity index (χ1) is 5.23. The number of ketones is 1. The van der Waals surface area contributed by atoms with Crippen LogP contribution in [-0.4, -0.2) is 11.9 Å². The van der Waals surface area contributed by atoms with Gasteiger partial charge in [-0.25, -0.2) is 0 Å². The summed E-state index contributed by atoms with van der Waals surface area (Å²) in [6.07, 6.45) is -2.79. The molecule has 0 saturated heterocycles. The Bertz CT molecular complexity index is 248. The quantitative estimate of drug-likeness (QED) is 0.565. The number of carbonyl (C=O) groups excluding carboxylic acids is 1. The zero-order valence-electron chi connectivity index (χ0n) is 7.15. The topological polar surface area (TPSA) is 26.3 Å². The number of allylic oxidation sites excluding steroid dienone is 1. The molecule has 0 spiro atoms. The van der Waals surface area contributed by atoms with Crippen molar-refractivity contribution < 1.29 is 18.3 Å². The van der Waals surface area contributed by atoms with Crippen LogP contribution in [-0.2, 0) is 9.53 Å². The third kappa shape index (κ3) is 1.47. The van der Waals surface area contributed by atoms with Crippen LogP contribution < -0.4 is 0 Å². The van der Waals surface area contributed by atoms with E-state index in [1.165, 1.54) is 0 Å². The Morgan fingerprint density at radius 2 is 1.92 bits per heavy atom. The maximum absolute atomic E-state index is 12.5. The minimum absolute atomic E-state index is 0.0394. The Hall–Kier alpha value is -0.930. The van der Waals surface area contributed by atoms with E-state index in [0.717, 1.165) is 6.08 Å². The molecule has 0 aliphatic carbocycles. The third-order valence-corrected chi connectivity index (χ3v) is 1.53. The first-order valence-electron chi connectivity index (χ1n) is 3.57. The molecular formula is C8H10F2O2. The highest BCUT2D eigenvalue weighted by Crippen LogP contribution is 2.37. The lowest BCUT2D eigenvalue weighted by Gasteiger charge is -2.20. The van der Waals surface area contributed by atoms with Gasteiger partial charge >= 0.3 is 6.11 Å². The molecule has 1 aliphatic heterocycles. The molecule has 1 heterocycles. The number of ether oxygens (including phenoxy) is 1. The molecule has 0 atom stereocenters. The zero-order chi connectivity index (χ0) is 9.57. The van der Waals surface area contributed by atoms with Crippen LogP contribution in [0.3, 0.4) is 0 Å². The molecule has 68 valence electrons. The monoisotopic (exact) mass is 176 g/mol. The highest BCUT2D eigenvalue weighted by molar-refractivity contribution is 5.97. The molecule has 0 aromatic heterocycles. The average Bonchev–Trinajstić information content (AvgIpc) is 2.06. The predicted molar refractivity (Wildman–Crippen MR) is 38.6 cm³/mol. The molecule has 2 nitrogen and oxygen atoms in total. The minimum Gasteiger partial charge on any atom is -0.430 e. The van der Waals surface area contributed by atoms with E-state index in [4.69, 9.17) is 0 Å². The smallest absolute Gasteiger partial charge is 0.430 e. The number of carbonyl (C=O) groups is 1. The Balaban J connectivity index is 2.90. The SMILES string of the molecule is CC(C)(C)C1=CC(=O)C(F)(F)O1. The summed E-state index contributed by atoms with van der Waals surface area (Å²) in [4.78, 5) is 10.6. The minimum atomic E-state index is -3.65. The van der Waals surface area contributed by atoms with Crippen molar-refractivity contribution in [1.29, 1.82) is 0 Å². The van der Waals surface area contributed by atoms with E-state index in [1.54, 1.807) is 20.8 Å². The number of alkyl halides is 2.